The van der Waals surface area contributed by atoms with Crippen LogP contribution in [0.2, 0.25) is 0 Å². The Morgan fingerprint density at radius 1 is 1.08 bits per heavy atom. The van der Waals surface area contributed by atoms with Crippen LogP contribution in [-0.4, -0.2) is 52.5 Å². The molecule has 0 amide bonds. The molecule has 4 heterocycles. The lowest BCUT2D eigenvalue weighted by Crippen LogP contribution is -2.45. The van der Waals surface area contributed by atoms with Gasteiger partial charge in [-0.1, -0.05) is 18.2 Å². The molecule has 2 aliphatic heterocycles. The molecular formula is C29H38N6O. The van der Waals surface area contributed by atoms with E-state index in [1.165, 1.54) is 46.5 Å². The number of H-pyrrole nitrogens is 1. The van der Waals surface area contributed by atoms with Gasteiger partial charge in [-0.05, 0) is 69.9 Å². The van der Waals surface area contributed by atoms with E-state index in [0.717, 1.165) is 68.7 Å². The van der Waals surface area contributed by atoms with Crippen molar-refractivity contribution in [3.05, 3.63) is 52.3 Å². The number of nitrogens with one attached hydrogen (secondary N) is 1. The highest BCUT2D eigenvalue weighted by molar-refractivity contribution is 5.68. The Bertz CT molecular complexity index is 1230. The van der Waals surface area contributed by atoms with Crippen LogP contribution < -0.4 is 9.80 Å². The van der Waals surface area contributed by atoms with E-state index >= 15 is 0 Å². The third kappa shape index (κ3) is 4.49. The average Bonchev–Trinajstić information content (AvgIpc) is 3.57. The molecule has 0 radical (unpaired) electrons. The second-order valence-electron chi connectivity index (χ2n) is 11.1. The number of fused-ring (bicyclic) bond motifs is 1. The van der Waals surface area contributed by atoms with E-state index in [1.54, 1.807) is 0 Å². The Balaban J connectivity index is 1.38. The van der Waals surface area contributed by atoms with Gasteiger partial charge in [0, 0.05) is 62.1 Å². The number of benzene rings is 1. The fraction of sp³-hybridized carbons (Fsp3) is 0.552. The fourth-order valence-corrected chi connectivity index (χ4v) is 6.02. The molecule has 3 aliphatic rings. The Morgan fingerprint density at radius 3 is 2.61 bits per heavy atom. The Morgan fingerprint density at radius 2 is 1.89 bits per heavy atom. The van der Waals surface area contributed by atoms with Crippen LogP contribution in [0.5, 0.6) is 0 Å². The standard InChI is InChI=1S/C29H38N6O/c1-18-6-5-7-19(2)27(18)28-30-25-11-12-34(26-16-22(32-33-26)15-21-8-9-21)17-24(25)29(31-28)35-13-10-23(36-4)14-20(35)3/h5-7,16,20-21,23H,8-15,17H2,1-4H3,(H,32,33)/t20-,23-/m1/s1. The summed E-state index contributed by atoms with van der Waals surface area (Å²) in [7, 11) is 1.83. The zero-order valence-corrected chi connectivity index (χ0v) is 22.0. The molecule has 190 valence electrons. The zero-order valence-electron chi connectivity index (χ0n) is 22.0. The largest absolute Gasteiger partial charge is 0.381 e. The van der Waals surface area contributed by atoms with E-state index in [4.69, 9.17) is 19.8 Å². The predicted octanol–water partition coefficient (Wildman–Crippen LogP) is 5.00. The number of hydrogen-bond donors (Lipinski definition) is 1. The summed E-state index contributed by atoms with van der Waals surface area (Å²) >= 11 is 0. The molecule has 7 heteroatoms. The number of nitrogens with zero attached hydrogens (tertiary/aromatic N) is 5. The summed E-state index contributed by atoms with van der Waals surface area (Å²) in [6.07, 6.45) is 7.08. The minimum Gasteiger partial charge on any atom is -0.381 e. The van der Waals surface area contributed by atoms with Gasteiger partial charge in [0.1, 0.15) is 5.82 Å². The normalized spacial score (nSPS) is 22.1. The minimum atomic E-state index is 0.317. The highest BCUT2D eigenvalue weighted by Crippen LogP contribution is 2.37. The Hall–Kier alpha value is -2.93. The van der Waals surface area contributed by atoms with Gasteiger partial charge < -0.3 is 14.5 Å². The minimum absolute atomic E-state index is 0.317. The van der Waals surface area contributed by atoms with Crippen LogP contribution in [0.4, 0.5) is 11.6 Å². The SMILES string of the molecule is CO[C@@H]1CCN(c2nc(-c3c(C)cccc3C)nc3c2CN(c2cc(CC4CC4)[nH]n2)CC3)[C@H](C)C1. The summed E-state index contributed by atoms with van der Waals surface area (Å²) in [5, 5.41) is 7.98. The van der Waals surface area contributed by atoms with E-state index in [0.29, 0.717) is 12.1 Å². The Labute approximate surface area is 214 Å². The number of methoxy groups -OCH3 is 1. The van der Waals surface area contributed by atoms with E-state index in [9.17, 15) is 0 Å². The summed E-state index contributed by atoms with van der Waals surface area (Å²) in [5.41, 5.74) is 7.32. The second kappa shape index (κ2) is 9.51. The quantitative estimate of drug-likeness (QED) is 0.529. The maximum atomic E-state index is 5.71. The molecule has 3 aromatic rings. The van der Waals surface area contributed by atoms with Gasteiger partial charge in [-0.3, -0.25) is 5.10 Å². The topological polar surface area (TPSA) is 70.2 Å². The average molecular weight is 487 g/mol. The third-order valence-electron chi connectivity index (χ3n) is 8.32. The van der Waals surface area contributed by atoms with Gasteiger partial charge in [-0.15, -0.1) is 0 Å². The monoisotopic (exact) mass is 486 g/mol. The van der Waals surface area contributed by atoms with Gasteiger partial charge in [0.25, 0.3) is 0 Å². The first-order valence-corrected chi connectivity index (χ1v) is 13.5. The molecule has 2 aromatic heterocycles. The van der Waals surface area contributed by atoms with Crippen molar-refractivity contribution in [1.82, 2.24) is 20.2 Å². The van der Waals surface area contributed by atoms with Gasteiger partial charge in [0.2, 0.25) is 0 Å². The van der Waals surface area contributed by atoms with Crippen molar-refractivity contribution >= 4 is 11.6 Å². The Kier molecular flexibility index (Phi) is 6.20. The van der Waals surface area contributed by atoms with Crippen LogP contribution in [0.15, 0.2) is 24.3 Å². The lowest BCUT2D eigenvalue weighted by Gasteiger charge is -2.40. The van der Waals surface area contributed by atoms with Crippen LogP contribution in [0.3, 0.4) is 0 Å². The van der Waals surface area contributed by atoms with E-state index < -0.39 is 0 Å². The van der Waals surface area contributed by atoms with Crippen LogP contribution in [-0.2, 0) is 24.1 Å². The first-order valence-electron chi connectivity index (χ1n) is 13.5. The van der Waals surface area contributed by atoms with Crippen molar-refractivity contribution in [2.75, 3.05) is 30.0 Å². The molecule has 0 bridgehead atoms. The van der Waals surface area contributed by atoms with E-state index in [2.05, 4.69) is 59.9 Å². The van der Waals surface area contributed by atoms with Gasteiger partial charge in [0.15, 0.2) is 11.6 Å². The molecule has 6 rings (SSSR count). The molecule has 36 heavy (non-hydrogen) atoms. The number of hydrogen-bond acceptors (Lipinski definition) is 6. The second-order valence-corrected chi connectivity index (χ2v) is 11.1. The summed E-state index contributed by atoms with van der Waals surface area (Å²) in [4.78, 5) is 15.4. The molecule has 1 aromatic carbocycles. The maximum Gasteiger partial charge on any atom is 0.162 e. The van der Waals surface area contributed by atoms with E-state index in [1.807, 2.05) is 7.11 Å². The lowest BCUT2D eigenvalue weighted by atomic mass is 9.97. The highest BCUT2D eigenvalue weighted by atomic mass is 16.5. The molecule has 1 saturated carbocycles. The molecule has 1 aliphatic carbocycles. The number of ether oxygens (including phenoxy) is 1. The summed E-state index contributed by atoms with van der Waals surface area (Å²) in [5.74, 6) is 3.85. The molecule has 2 atom stereocenters. The van der Waals surface area contributed by atoms with Crippen molar-refractivity contribution in [3.63, 3.8) is 0 Å². The molecule has 1 saturated heterocycles. The summed E-state index contributed by atoms with van der Waals surface area (Å²) in [6.45, 7) is 9.29. The van der Waals surface area contributed by atoms with Gasteiger partial charge >= 0.3 is 0 Å². The summed E-state index contributed by atoms with van der Waals surface area (Å²) < 4.78 is 5.71. The number of aryl methyl sites for hydroxylation is 2. The number of aromatic nitrogens is 4. The van der Waals surface area contributed by atoms with Crippen LogP contribution in [0.25, 0.3) is 11.4 Å². The molecule has 0 spiro atoms. The smallest absolute Gasteiger partial charge is 0.162 e. The number of rotatable bonds is 6. The number of aromatic amines is 1. The van der Waals surface area contributed by atoms with Crippen LogP contribution in [0, 0.1) is 19.8 Å². The van der Waals surface area contributed by atoms with Crippen molar-refractivity contribution in [3.8, 4) is 11.4 Å². The molecule has 7 nitrogen and oxygen atoms in total. The van der Waals surface area contributed by atoms with Crippen molar-refractivity contribution < 1.29 is 4.74 Å². The fourth-order valence-electron chi connectivity index (χ4n) is 6.02. The molecule has 2 fully saturated rings. The van der Waals surface area contributed by atoms with Crippen molar-refractivity contribution in [2.24, 2.45) is 5.92 Å². The van der Waals surface area contributed by atoms with Gasteiger partial charge in [0.05, 0.1) is 11.8 Å². The lowest BCUT2D eigenvalue weighted by molar-refractivity contribution is 0.0719. The maximum absolute atomic E-state index is 5.71. The number of anilines is 2. The predicted molar refractivity (Wildman–Crippen MR) is 144 cm³/mol. The van der Waals surface area contributed by atoms with Crippen LogP contribution >= 0.6 is 0 Å². The first-order chi connectivity index (χ1) is 17.5. The number of piperidine rings is 1. The van der Waals surface area contributed by atoms with Crippen molar-refractivity contribution in [1.29, 1.82) is 0 Å². The zero-order chi connectivity index (χ0) is 24.8. The third-order valence-corrected chi connectivity index (χ3v) is 8.32. The molecule has 0 unspecified atom stereocenters. The van der Waals surface area contributed by atoms with Crippen molar-refractivity contribution in [2.45, 2.75) is 78.0 Å². The van der Waals surface area contributed by atoms with Crippen LogP contribution in [0.1, 0.15) is 60.7 Å². The first kappa shape index (κ1) is 23.5. The highest BCUT2D eigenvalue weighted by Gasteiger charge is 2.32. The molecular weight excluding hydrogens is 448 g/mol. The summed E-state index contributed by atoms with van der Waals surface area (Å²) in [6, 6.07) is 9.05. The van der Waals surface area contributed by atoms with Gasteiger partial charge in [-0.2, -0.15) is 5.10 Å². The van der Waals surface area contributed by atoms with Gasteiger partial charge in [-0.25, -0.2) is 9.97 Å². The molecule has 1 N–H and O–H groups in total. The van der Waals surface area contributed by atoms with E-state index in [-0.39, 0.29) is 0 Å².